The fourth-order valence-corrected chi connectivity index (χ4v) is 2.25. The Kier molecular flexibility index (Phi) is 3.58. The summed E-state index contributed by atoms with van der Waals surface area (Å²) in [7, 11) is 1.49. The number of hydrogen-bond donors (Lipinski definition) is 0. The molecule has 0 atom stereocenters. The molecule has 1 fully saturated rings. The van der Waals surface area contributed by atoms with Crippen molar-refractivity contribution in [1.82, 2.24) is 0 Å². The van der Waals surface area contributed by atoms with Gasteiger partial charge in [0.05, 0.1) is 12.5 Å². The Morgan fingerprint density at radius 3 is 2.47 bits per heavy atom. The molecule has 0 spiro atoms. The summed E-state index contributed by atoms with van der Waals surface area (Å²) in [5.41, 5.74) is 0.0387. The summed E-state index contributed by atoms with van der Waals surface area (Å²) in [6, 6.07) is 0. The molecule has 0 saturated heterocycles. The first-order valence-electron chi connectivity index (χ1n) is 5.65. The van der Waals surface area contributed by atoms with Crippen molar-refractivity contribution in [3.05, 3.63) is 12.2 Å². The van der Waals surface area contributed by atoms with E-state index in [1.807, 2.05) is 6.92 Å². The number of hydrogen-bond acceptors (Lipinski definition) is 2. The van der Waals surface area contributed by atoms with E-state index in [-0.39, 0.29) is 16.8 Å². The van der Waals surface area contributed by atoms with Crippen molar-refractivity contribution in [3.8, 4) is 0 Å². The molecule has 0 aromatic rings. The molecule has 1 saturated carbocycles. The number of rotatable bonds is 5. The van der Waals surface area contributed by atoms with E-state index in [0.717, 1.165) is 25.7 Å². The maximum atomic E-state index is 11.6. The molecule has 0 radical (unpaired) electrons. The zero-order valence-corrected chi connectivity index (χ0v) is 10.3. The molecule has 1 rings (SSSR count). The van der Waals surface area contributed by atoms with Crippen LogP contribution in [0.25, 0.3) is 0 Å². The lowest BCUT2D eigenvalue weighted by atomic mass is 9.78. The van der Waals surface area contributed by atoms with Crippen molar-refractivity contribution >= 4 is 5.97 Å². The lowest BCUT2D eigenvalue weighted by Gasteiger charge is -2.27. The second kappa shape index (κ2) is 4.38. The fourth-order valence-electron chi connectivity index (χ4n) is 2.25. The third kappa shape index (κ3) is 3.08. The zero-order chi connectivity index (χ0) is 11.5. The van der Waals surface area contributed by atoms with E-state index in [1.54, 1.807) is 0 Å². The number of esters is 1. The van der Waals surface area contributed by atoms with E-state index in [1.165, 1.54) is 7.11 Å². The Bertz CT molecular complexity index is 260. The molecule has 0 heterocycles. The average molecular weight is 210 g/mol. The maximum Gasteiger partial charge on any atom is 0.311 e. The Balaban J connectivity index is 2.56. The van der Waals surface area contributed by atoms with Crippen LogP contribution in [0, 0.1) is 10.8 Å². The monoisotopic (exact) mass is 210 g/mol. The lowest BCUT2D eigenvalue weighted by molar-refractivity contribution is -0.148. The van der Waals surface area contributed by atoms with E-state index in [0.29, 0.717) is 0 Å². The summed E-state index contributed by atoms with van der Waals surface area (Å²) in [4.78, 5) is 11.6. The summed E-state index contributed by atoms with van der Waals surface area (Å²) in [5, 5.41) is 0. The molecule has 15 heavy (non-hydrogen) atoms. The number of carbonyl (C=O) groups is 1. The van der Waals surface area contributed by atoms with Crippen LogP contribution in [0.15, 0.2) is 12.2 Å². The van der Waals surface area contributed by atoms with Crippen LogP contribution < -0.4 is 0 Å². The van der Waals surface area contributed by atoms with Crippen LogP contribution in [0.1, 0.15) is 46.5 Å². The molecule has 0 aliphatic heterocycles. The summed E-state index contributed by atoms with van der Waals surface area (Å²) in [6.45, 7) is 6.47. The largest absolute Gasteiger partial charge is 0.469 e. The Morgan fingerprint density at radius 1 is 1.47 bits per heavy atom. The molecular formula is C13H22O2. The topological polar surface area (TPSA) is 26.3 Å². The predicted molar refractivity (Wildman–Crippen MR) is 61.5 cm³/mol. The van der Waals surface area contributed by atoms with Crippen LogP contribution in [0.2, 0.25) is 0 Å². The third-order valence-corrected chi connectivity index (χ3v) is 3.20. The van der Waals surface area contributed by atoms with Gasteiger partial charge >= 0.3 is 5.97 Å². The van der Waals surface area contributed by atoms with Crippen molar-refractivity contribution in [2.24, 2.45) is 10.8 Å². The molecule has 2 heteroatoms. The molecule has 1 aliphatic carbocycles. The first kappa shape index (κ1) is 12.3. The summed E-state index contributed by atoms with van der Waals surface area (Å²) in [6.07, 6.45) is 8.21. The third-order valence-electron chi connectivity index (χ3n) is 3.20. The Morgan fingerprint density at radius 2 is 2.07 bits per heavy atom. The minimum atomic E-state index is -0.153. The summed E-state index contributed by atoms with van der Waals surface area (Å²) in [5.74, 6) is -0.0175. The Labute approximate surface area is 92.7 Å². The normalized spacial score (nSPS) is 19.2. The van der Waals surface area contributed by atoms with Gasteiger partial charge in [0.25, 0.3) is 0 Å². The van der Waals surface area contributed by atoms with Gasteiger partial charge in [-0.1, -0.05) is 26.0 Å². The zero-order valence-electron chi connectivity index (χ0n) is 10.3. The van der Waals surface area contributed by atoms with Gasteiger partial charge in [-0.25, -0.2) is 0 Å². The van der Waals surface area contributed by atoms with Gasteiger partial charge in [-0.15, -0.1) is 0 Å². The highest BCUT2D eigenvalue weighted by atomic mass is 16.5. The first-order valence-corrected chi connectivity index (χ1v) is 5.65. The Hall–Kier alpha value is -0.790. The molecule has 1 aliphatic rings. The highest BCUT2D eigenvalue weighted by Crippen LogP contribution is 2.54. The van der Waals surface area contributed by atoms with Crippen LogP contribution in [0.3, 0.4) is 0 Å². The van der Waals surface area contributed by atoms with Gasteiger partial charge in [-0.05, 0) is 38.0 Å². The van der Waals surface area contributed by atoms with Crippen molar-refractivity contribution in [2.45, 2.75) is 46.5 Å². The lowest BCUT2D eigenvalue weighted by Crippen LogP contribution is -2.25. The SMILES string of the molecule is CC=CCC(C)(C)CC1(C(=O)OC)CC1. The number of ether oxygens (including phenoxy) is 1. The van der Waals surface area contributed by atoms with Gasteiger partial charge < -0.3 is 4.74 Å². The van der Waals surface area contributed by atoms with Crippen molar-refractivity contribution < 1.29 is 9.53 Å². The van der Waals surface area contributed by atoms with Crippen LogP contribution >= 0.6 is 0 Å². The van der Waals surface area contributed by atoms with E-state index in [9.17, 15) is 4.79 Å². The van der Waals surface area contributed by atoms with Gasteiger partial charge in [0.15, 0.2) is 0 Å². The molecule has 2 nitrogen and oxygen atoms in total. The molecule has 0 N–H and O–H groups in total. The molecule has 0 bridgehead atoms. The summed E-state index contributed by atoms with van der Waals surface area (Å²) >= 11 is 0. The van der Waals surface area contributed by atoms with Crippen molar-refractivity contribution in [2.75, 3.05) is 7.11 Å². The van der Waals surface area contributed by atoms with E-state index in [2.05, 4.69) is 26.0 Å². The van der Waals surface area contributed by atoms with E-state index in [4.69, 9.17) is 4.74 Å². The van der Waals surface area contributed by atoms with E-state index < -0.39 is 0 Å². The van der Waals surface area contributed by atoms with E-state index >= 15 is 0 Å². The second-order valence-corrected chi connectivity index (χ2v) is 5.39. The molecule has 0 unspecified atom stereocenters. The maximum absolute atomic E-state index is 11.6. The molecule has 0 amide bonds. The molecule has 0 aromatic carbocycles. The highest BCUT2D eigenvalue weighted by molar-refractivity contribution is 5.79. The van der Waals surface area contributed by atoms with Crippen molar-refractivity contribution in [1.29, 1.82) is 0 Å². The van der Waals surface area contributed by atoms with Gasteiger partial charge in [-0.2, -0.15) is 0 Å². The number of allylic oxidation sites excluding steroid dienone is 2. The fraction of sp³-hybridized carbons (Fsp3) is 0.769. The predicted octanol–water partition coefficient (Wildman–Crippen LogP) is 3.32. The average Bonchev–Trinajstić information content (AvgIpc) is 2.94. The van der Waals surface area contributed by atoms with Gasteiger partial charge in [-0.3, -0.25) is 4.79 Å². The van der Waals surface area contributed by atoms with Crippen LogP contribution in [-0.2, 0) is 9.53 Å². The second-order valence-electron chi connectivity index (χ2n) is 5.39. The van der Waals surface area contributed by atoms with Gasteiger partial charge in [0.2, 0.25) is 0 Å². The minimum Gasteiger partial charge on any atom is -0.469 e. The number of carbonyl (C=O) groups excluding carboxylic acids is 1. The van der Waals surface area contributed by atoms with Crippen LogP contribution in [0.4, 0.5) is 0 Å². The van der Waals surface area contributed by atoms with Gasteiger partial charge in [0.1, 0.15) is 0 Å². The summed E-state index contributed by atoms with van der Waals surface area (Å²) < 4.78 is 4.87. The molecular weight excluding hydrogens is 188 g/mol. The quantitative estimate of drug-likeness (QED) is 0.514. The van der Waals surface area contributed by atoms with Crippen molar-refractivity contribution in [3.63, 3.8) is 0 Å². The minimum absolute atomic E-state index is 0.0175. The highest BCUT2D eigenvalue weighted by Gasteiger charge is 2.53. The van der Waals surface area contributed by atoms with Gasteiger partial charge in [0, 0.05) is 0 Å². The standard InChI is InChI=1S/C13H22O2/c1-5-6-7-12(2,3)10-13(8-9-13)11(14)15-4/h5-6H,7-10H2,1-4H3. The van der Waals surface area contributed by atoms with Crippen LogP contribution in [-0.4, -0.2) is 13.1 Å². The molecule has 86 valence electrons. The first-order chi connectivity index (χ1) is 6.96. The smallest absolute Gasteiger partial charge is 0.311 e. The number of methoxy groups -OCH3 is 1. The van der Waals surface area contributed by atoms with Crippen LogP contribution in [0.5, 0.6) is 0 Å². The molecule has 0 aromatic heterocycles.